The third-order valence-electron chi connectivity index (χ3n) is 3.66. The van der Waals surface area contributed by atoms with Crippen LogP contribution in [0.1, 0.15) is 42.6 Å². The molecule has 3 aromatic heterocycles. The van der Waals surface area contributed by atoms with Crippen LogP contribution in [0.25, 0.3) is 5.65 Å². The molecule has 23 heavy (non-hydrogen) atoms. The van der Waals surface area contributed by atoms with Crippen LogP contribution in [0.3, 0.4) is 0 Å². The number of anilines is 1. The Morgan fingerprint density at radius 1 is 1.30 bits per heavy atom. The zero-order valence-electron chi connectivity index (χ0n) is 12.4. The number of carbonyl (C=O) groups excluding carboxylic acids is 1. The van der Waals surface area contributed by atoms with Crippen LogP contribution < -0.4 is 10.6 Å². The van der Waals surface area contributed by atoms with Crippen molar-refractivity contribution in [1.29, 1.82) is 0 Å². The van der Waals surface area contributed by atoms with Crippen LogP contribution in [0.4, 0.5) is 9.93 Å². The summed E-state index contributed by atoms with van der Waals surface area (Å²) in [5, 5.41) is 23.4. The topological polar surface area (TPSA) is 97.1 Å². The highest BCUT2D eigenvalue weighted by Gasteiger charge is 2.27. The van der Waals surface area contributed by atoms with Crippen LogP contribution in [0.2, 0.25) is 0 Å². The summed E-state index contributed by atoms with van der Waals surface area (Å²) in [6, 6.07) is 5.04. The van der Waals surface area contributed by atoms with Crippen molar-refractivity contribution in [3.8, 4) is 0 Å². The smallest absolute Gasteiger partial charge is 0.321 e. The van der Waals surface area contributed by atoms with Crippen molar-refractivity contribution in [2.75, 3.05) is 5.32 Å². The molecule has 9 heteroatoms. The predicted molar refractivity (Wildman–Crippen MR) is 85.4 cm³/mol. The largest absolute Gasteiger partial charge is 0.328 e. The fraction of sp³-hybridized carbons (Fsp3) is 0.357. The van der Waals surface area contributed by atoms with Crippen LogP contribution in [0.15, 0.2) is 24.4 Å². The van der Waals surface area contributed by atoms with E-state index in [2.05, 4.69) is 31.0 Å². The first-order valence-corrected chi connectivity index (χ1v) is 8.23. The molecule has 0 bridgehead atoms. The van der Waals surface area contributed by atoms with E-state index in [9.17, 15) is 4.79 Å². The summed E-state index contributed by atoms with van der Waals surface area (Å²) in [4.78, 5) is 12.1. The Hall–Kier alpha value is -2.55. The molecule has 118 valence electrons. The highest BCUT2D eigenvalue weighted by atomic mass is 32.1. The lowest BCUT2D eigenvalue weighted by molar-refractivity contribution is 0.249. The monoisotopic (exact) mass is 329 g/mol. The second kappa shape index (κ2) is 5.58. The fourth-order valence-corrected chi connectivity index (χ4v) is 3.24. The molecular weight excluding hydrogens is 314 g/mol. The van der Waals surface area contributed by atoms with Gasteiger partial charge < -0.3 is 5.32 Å². The highest BCUT2D eigenvalue weighted by molar-refractivity contribution is 7.15. The molecule has 2 amide bonds. The third kappa shape index (κ3) is 2.87. The van der Waals surface area contributed by atoms with Gasteiger partial charge in [0.1, 0.15) is 5.01 Å². The quantitative estimate of drug-likeness (QED) is 0.766. The van der Waals surface area contributed by atoms with Gasteiger partial charge in [-0.2, -0.15) is 0 Å². The summed E-state index contributed by atoms with van der Waals surface area (Å²) in [6.45, 7) is 1.86. The number of pyridine rings is 1. The van der Waals surface area contributed by atoms with Gasteiger partial charge in [0.2, 0.25) is 5.13 Å². The van der Waals surface area contributed by atoms with E-state index in [-0.39, 0.29) is 12.1 Å². The number of hydrogen-bond acceptors (Lipinski definition) is 6. The lowest BCUT2D eigenvalue weighted by Crippen LogP contribution is -2.32. The van der Waals surface area contributed by atoms with Gasteiger partial charge in [-0.05, 0) is 31.9 Å². The number of nitrogens with zero attached hydrogens (tertiary/aromatic N) is 5. The average molecular weight is 329 g/mol. The number of amides is 2. The van der Waals surface area contributed by atoms with E-state index in [4.69, 9.17) is 0 Å². The minimum Gasteiger partial charge on any atom is -0.328 e. The second-order valence-electron chi connectivity index (χ2n) is 5.53. The third-order valence-corrected chi connectivity index (χ3v) is 4.66. The second-order valence-corrected chi connectivity index (χ2v) is 6.54. The molecule has 0 saturated heterocycles. The van der Waals surface area contributed by atoms with Gasteiger partial charge in [0, 0.05) is 12.1 Å². The van der Waals surface area contributed by atoms with Crippen molar-refractivity contribution in [2.24, 2.45) is 0 Å². The van der Waals surface area contributed by atoms with Crippen LogP contribution in [0.5, 0.6) is 0 Å². The maximum Gasteiger partial charge on any atom is 0.321 e. The molecule has 1 atom stereocenters. The minimum absolute atomic E-state index is 0.289. The molecule has 0 spiro atoms. The molecule has 1 aliphatic carbocycles. The summed E-state index contributed by atoms with van der Waals surface area (Å²) >= 11 is 1.43. The first-order chi connectivity index (χ1) is 11.2. The van der Waals surface area contributed by atoms with Gasteiger partial charge in [-0.1, -0.05) is 17.4 Å². The molecule has 1 saturated carbocycles. The van der Waals surface area contributed by atoms with Crippen LogP contribution >= 0.6 is 11.3 Å². The molecule has 2 N–H and O–H groups in total. The van der Waals surface area contributed by atoms with E-state index in [0.717, 1.165) is 23.5 Å². The van der Waals surface area contributed by atoms with Crippen LogP contribution in [0, 0.1) is 0 Å². The first-order valence-electron chi connectivity index (χ1n) is 7.41. The zero-order valence-corrected chi connectivity index (χ0v) is 13.2. The van der Waals surface area contributed by atoms with E-state index in [0.29, 0.717) is 16.9 Å². The van der Waals surface area contributed by atoms with E-state index >= 15 is 0 Å². The molecule has 3 aromatic rings. The number of carbonyl (C=O) groups is 1. The Morgan fingerprint density at radius 2 is 2.17 bits per heavy atom. The maximum atomic E-state index is 12.1. The summed E-state index contributed by atoms with van der Waals surface area (Å²) in [5.41, 5.74) is 0.745. The predicted octanol–water partition coefficient (Wildman–Crippen LogP) is 2.34. The molecular formula is C14H15N7OS. The van der Waals surface area contributed by atoms with Gasteiger partial charge in [0.15, 0.2) is 11.5 Å². The van der Waals surface area contributed by atoms with E-state index < -0.39 is 0 Å². The lowest BCUT2D eigenvalue weighted by atomic mass is 10.3. The standard InChI is InChI=1S/C14H15N7OS/c1-8(11-18-17-10-4-2-3-7-21(10)11)15-13(22)16-14-20-19-12(23-14)9-5-6-9/h2-4,7-9H,5-6H2,1H3,(H2,15,16,20,22)/t8-/m1/s1. The normalized spacial score (nSPS) is 15.5. The molecule has 3 heterocycles. The SMILES string of the molecule is C[C@@H](NC(=O)Nc1nnc(C2CC2)s1)c1nnc2ccccn12. The molecule has 0 aliphatic heterocycles. The van der Waals surface area contributed by atoms with Gasteiger partial charge in [-0.3, -0.25) is 9.72 Å². The number of hydrogen-bond donors (Lipinski definition) is 2. The van der Waals surface area contributed by atoms with Crippen LogP contribution in [-0.2, 0) is 0 Å². The van der Waals surface area contributed by atoms with Gasteiger partial charge in [-0.15, -0.1) is 20.4 Å². The van der Waals surface area contributed by atoms with Crippen molar-refractivity contribution >= 4 is 28.1 Å². The molecule has 4 rings (SSSR count). The van der Waals surface area contributed by atoms with E-state index in [1.54, 1.807) is 0 Å². The van der Waals surface area contributed by atoms with Crippen molar-refractivity contribution in [1.82, 2.24) is 30.1 Å². The minimum atomic E-state index is -0.330. The summed E-state index contributed by atoms with van der Waals surface area (Å²) in [6.07, 6.45) is 4.20. The average Bonchev–Trinajstić information content (AvgIpc) is 3.13. The number of aromatic nitrogens is 5. The van der Waals surface area contributed by atoms with Crippen molar-refractivity contribution < 1.29 is 4.79 Å². The van der Waals surface area contributed by atoms with E-state index in [1.807, 2.05) is 35.7 Å². The van der Waals surface area contributed by atoms with Gasteiger partial charge in [-0.25, -0.2) is 4.79 Å². The molecule has 8 nitrogen and oxygen atoms in total. The van der Waals surface area contributed by atoms with E-state index in [1.165, 1.54) is 11.3 Å². The Balaban J connectivity index is 1.43. The Labute approximate surface area is 136 Å². The number of fused-ring (bicyclic) bond motifs is 1. The summed E-state index contributed by atoms with van der Waals surface area (Å²) < 4.78 is 1.85. The molecule has 1 aliphatic rings. The van der Waals surface area contributed by atoms with Gasteiger partial charge in [0.05, 0.1) is 6.04 Å². The van der Waals surface area contributed by atoms with Gasteiger partial charge in [0.25, 0.3) is 0 Å². The molecule has 1 fully saturated rings. The molecule has 0 aromatic carbocycles. The summed E-state index contributed by atoms with van der Waals surface area (Å²) in [5.74, 6) is 1.21. The zero-order chi connectivity index (χ0) is 15.8. The molecule has 0 radical (unpaired) electrons. The Kier molecular flexibility index (Phi) is 3.41. The fourth-order valence-electron chi connectivity index (χ4n) is 2.33. The number of rotatable bonds is 4. The van der Waals surface area contributed by atoms with Gasteiger partial charge >= 0.3 is 6.03 Å². The highest BCUT2D eigenvalue weighted by Crippen LogP contribution is 2.42. The van der Waals surface area contributed by atoms with Crippen molar-refractivity contribution in [3.05, 3.63) is 35.2 Å². The van der Waals surface area contributed by atoms with Crippen LogP contribution in [-0.4, -0.2) is 30.8 Å². The number of urea groups is 1. The summed E-state index contributed by atoms with van der Waals surface area (Å²) in [7, 11) is 0. The molecule has 0 unspecified atom stereocenters. The Morgan fingerprint density at radius 3 is 3.00 bits per heavy atom. The first kappa shape index (κ1) is 14.1. The Bertz CT molecular complexity index is 854. The number of nitrogens with one attached hydrogen (secondary N) is 2. The lowest BCUT2D eigenvalue weighted by Gasteiger charge is -2.12. The van der Waals surface area contributed by atoms with Crippen molar-refractivity contribution in [2.45, 2.75) is 31.7 Å². The maximum absolute atomic E-state index is 12.1. The van der Waals surface area contributed by atoms with Crippen molar-refractivity contribution in [3.63, 3.8) is 0 Å².